The number of rotatable bonds is 4. The molecular formula is C20H26N2O4. The first-order valence-electron chi connectivity index (χ1n) is 9.42. The lowest BCUT2D eigenvalue weighted by atomic mass is 9.86. The summed E-state index contributed by atoms with van der Waals surface area (Å²) in [6.07, 6.45) is 7.39. The van der Waals surface area contributed by atoms with E-state index in [0.29, 0.717) is 11.5 Å². The summed E-state index contributed by atoms with van der Waals surface area (Å²) in [5.74, 6) is -0.765. The molecule has 0 aliphatic heterocycles. The number of imide groups is 1. The molecule has 0 radical (unpaired) electrons. The van der Waals surface area contributed by atoms with E-state index in [4.69, 9.17) is 4.74 Å². The summed E-state index contributed by atoms with van der Waals surface area (Å²) in [5, 5.41) is 5.07. The number of ether oxygens (including phenoxy) is 1. The Hall–Kier alpha value is -2.37. The number of benzene rings is 1. The standard InChI is InChI=1S/C20H26N2O4/c1-13-5-2-3-8-17(13)21-20(25)22-18(23)12-26-19(24)16-10-9-14-6-4-7-15(14)11-16/h9-11,13,17H,2-8,12H2,1H3,(H2,21,22,23,25)/t13-,17+/m0/s1. The van der Waals surface area contributed by atoms with E-state index in [1.54, 1.807) is 6.07 Å². The summed E-state index contributed by atoms with van der Waals surface area (Å²) in [6, 6.07) is 5.06. The van der Waals surface area contributed by atoms with Crippen LogP contribution in [0.1, 0.15) is 60.5 Å². The molecule has 2 N–H and O–H groups in total. The van der Waals surface area contributed by atoms with Crippen LogP contribution >= 0.6 is 0 Å². The fourth-order valence-corrected chi connectivity index (χ4v) is 3.81. The van der Waals surface area contributed by atoms with Gasteiger partial charge in [0.2, 0.25) is 0 Å². The summed E-state index contributed by atoms with van der Waals surface area (Å²) in [5.41, 5.74) is 2.89. The second-order valence-corrected chi connectivity index (χ2v) is 7.30. The van der Waals surface area contributed by atoms with Crippen LogP contribution in [0.5, 0.6) is 0 Å². The average Bonchev–Trinajstić information content (AvgIpc) is 3.09. The van der Waals surface area contributed by atoms with Crippen LogP contribution in [0.15, 0.2) is 18.2 Å². The molecule has 0 aromatic heterocycles. The number of carbonyl (C=O) groups is 3. The molecule has 1 aromatic rings. The summed E-state index contributed by atoms with van der Waals surface area (Å²) in [4.78, 5) is 35.9. The monoisotopic (exact) mass is 358 g/mol. The largest absolute Gasteiger partial charge is 0.452 e. The van der Waals surface area contributed by atoms with E-state index in [-0.39, 0.29) is 6.04 Å². The average molecular weight is 358 g/mol. The number of carbonyl (C=O) groups excluding carboxylic acids is 3. The van der Waals surface area contributed by atoms with Crippen molar-refractivity contribution in [3.8, 4) is 0 Å². The third-order valence-electron chi connectivity index (χ3n) is 5.35. The van der Waals surface area contributed by atoms with E-state index in [2.05, 4.69) is 17.6 Å². The summed E-state index contributed by atoms with van der Waals surface area (Å²) in [6.45, 7) is 1.63. The van der Waals surface area contributed by atoms with Crippen molar-refractivity contribution in [2.24, 2.45) is 5.92 Å². The van der Waals surface area contributed by atoms with Gasteiger partial charge >= 0.3 is 12.0 Å². The first-order chi connectivity index (χ1) is 12.5. The molecule has 3 rings (SSSR count). The molecule has 0 saturated heterocycles. The molecule has 26 heavy (non-hydrogen) atoms. The topological polar surface area (TPSA) is 84.5 Å². The Balaban J connectivity index is 1.43. The number of urea groups is 1. The lowest BCUT2D eigenvalue weighted by molar-refractivity contribution is -0.123. The Morgan fingerprint density at radius 2 is 1.85 bits per heavy atom. The zero-order valence-corrected chi connectivity index (χ0v) is 15.2. The van der Waals surface area contributed by atoms with Crippen molar-refractivity contribution in [1.29, 1.82) is 0 Å². The molecule has 1 saturated carbocycles. The Labute approximate surface area is 153 Å². The number of esters is 1. The number of fused-ring (bicyclic) bond motifs is 1. The summed E-state index contributed by atoms with van der Waals surface area (Å²) < 4.78 is 5.03. The fraction of sp³-hybridized carbons (Fsp3) is 0.550. The smallest absolute Gasteiger partial charge is 0.338 e. The van der Waals surface area contributed by atoms with Crippen LogP contribution in [0.4, 0.5) is 4.79 Å². The van der Waals surface area contributed by atoms with E-state index in [1.807, 2.05) is 12.1 Å². The van der Waals surface area contributed by atoms with Crippen LogP contribution in [0.2, 0.25) is 0 Å². The van der Waals surface area contributed by atoms with E-state index >= 15 is 0 Å². The van der Waals surface area contributed by atoms with Gasteiger partial charge in [-0.15, -0.1) is 0 Å². The highest BCUT2D eigenvalue weighted by atomic mass is 16.5. The van der Waals surface area contributed by atoms with Crippen molar-refractivity contribution in [3.05, 3.63) is 34.9 Å². The quantitative estimate of drug-likeness (QED) is 0.811. The Kier molecular flexibility index (Phi) is 5.91. The molecule has 2 aliphatic rings. The number of hydrogen-bond acceptors (Lipinski definition) is 4. The van der Waals surface area contributed by atoms with Crippen LogP contribution in [0.25, 0.3) is 0 Å². The van der Waals surface area contributed by atoms with Gasteiger partial charge in [-0.25, -0.2) is 9.59 Å². The highest BCUT2D eigenvalue weighted by molar-refractivity contribution is 5.97. The lowest BCUT2D eigenvalue weighted by Crippen LogP contribution is -2.48. The highest BCUT2D eigenvalue weighted by Crippen LogP contribution is 2.24. The van der Waals surface area contributed by atoms with Crippen LogP contribution in [-0.4, -0.2) is 30.6 Å². The number of nitrogens with one attached hydrogen (secondary N) is 2. The lowest BCUT2D eigenvalue weighted by Gasteiger charge is -2.29. The molecule has 2 atom stereocenters. The van der Waals surface area contributed by atoms with Crippen molar-refractivity contribution in [2.45, 2.75) is 57.9 Å². The van der Waals surface area contributed by atoms with Gasteiger partial charge in [0.1, 0.15) is 0 Å². The zero-order valence-electron chi connectivity index (χ0n) is 15.2. The van der Waals surface area contributed by atoms with Crippen LogP contribution in [0.3, 0.4) is 0 Å². The highest BCUT2D eigenvalue weighted by Gasteiger charge is 2.23. The van der Waals surface area contributed by atoms with E-state index in [9.17, 15) is 14.4 Å². The normalized spacial score (nSPS) is 21.6. The number of hydrogen-bond donors (Lipinski definition) is 2. The third-order valence-corrected chi connectivity index (χ3v) is 5.35. The van der Waals surface area contributed by atoms with Crippen LogP contribution in [0, 0.1) is 5.92 Å². The van der Waals surface area contributed by atoms with Crippen LogP contribution in [-0.2, 0) is 22.4 Å². The van der Waals surface area contributed by atoms with E-state index < -0.39 is 24.5 Å². The van der Waals surface area contributed by atoms with Gasteiger partial charge in [0.15, 0.2) is 6.61 Å². The second-order valence-electron chi connectivity index (χ2n) is 7.30. The molecular weight excluding hydrogens is 332 g/mol. The van der Waals surface area contributed by atoms with Gasteiger partial charge in [0.25, 0.3) is 5.91 Å². The van der Waals surface area contributed by atoms with Crippen molar-refractivity contribution in [1.82, 2.24) is 10.6 Å². The second kappa shape index (κ2) is 8.34. The molecule has 3 amide bonds. The predicted molar refractivity (Wildman–Crippen MR) is 96.8 cm³/mol. The van der Waals surface area contributed by atoms with Gasteiger partial charge in [-0.3, -0.25) is 10.1 Å². The molecule has 2 aliphatic carbocycles. The van der Waals surface area contributed by atoms with Crippen molar-refractivity contribution >= 4 is 17.9 Å². The van der Waals surface area contributed by atoms with E-state index in [0.717, 1.165) is 38.5 Å². The van der Waals surface area contributed by atoms with Gasteiger partial charge in [-0.05, 0) is 61.3 Å². The molecule has 0 spiro atoms. The minimum atomic E-state index is -0.625. The molecule has 6 heteroatoms. The molecule has 0 bridgehead atoms. The number of aryl methyl sites for hydroxylation is 2. The first kappa shape index (κ1) is 18.4. The van der Waals surface area contributed by atoms with Crippen LogP contribution < -0.4 is 10.6 Å². The van der Waals surface area contributed by atoms with Crippen molar-refractivity contribution in [2.75, 3.05) is 6.61 Å². The molecule has 1 fully saturated rings. The van der Waals surface area contributed by atoms with Gasteiger partial charge in [0.05, 0.1) is 5.56 Å². The molecule has 6 nitrogen and oxygen atoms in total. The van der Waals surface area contributed by atoms with Crippen molar-refractivity contribution in [3.63, 3.8) is 0 Å². The maximum Gasteiger partial charge on any atom is 0.338 e. The predicted octanol–water partition coefficient (Wildman–Crippen LogP) is 2.74. The Morgan fingerprint density at radius 1 is 1.08 bits per heavy atom. The molecule has 140 valence electrons. The van der Waals surface area contributed by atoms with Gasteiger partial charge in [-0.2, -0.15) is 0 Å². The summed E-state index contributed by atoms with van der Waals surface area (Å²) >= 11 is 0. The molecule has 0 unspecified atom stereocenters. The Morgan fingerprint density at radius 3 is 2.65 bits per heavy atom. The van der Waals surface area contributed by atoms with Crippen molar-refractivity contribution < 1.29 is 19.1 Å². The molecule has 1 aromatic carbocycles. The molecule has 0 heterocycles. The van der Waals surface area contributed by atoms with Gasteiger partial charge < -0.3 is 10.1 Å². The van der Waals surface area contributed by atoms with Gasteiger partial charge in [0, 0.05) is 6.04 Å². The maximum atomic E-state index is 12.1. The Bertz CT molecular complexity index is 701. The third kappa shape index (κ3) is 4.62. The number of amides is 3. The van der Waals surface area contributed by atoms with E-state index in [1.165, 1.54) is 17.5 Å². The first-order valence-corrected chi connectivity index (χ1v) is 9.42. The zero-order chi connectivity index (χ0) is 18.5. The summed E-state index contributed by atoms with van der Waals surface area (Å²) in [7, 11) is 0. The van der Waals surface area contributed by atoms with Gasteiger partial charge in [-0.1, -0.05) is 25.8 Å². The minimum absolute atomic E-state index is 0.0884. The fourth-order valence-electron chi connectivity index (χ4n) is 3.81. The maximum absolute atomic E-state index is 12.1. The minimum Gasteiger partial charge on any atom is -0.452 e. The SMILES string of the molecule is C[C@H]1CCCC[C@H]1NC(=O)NC(=O)COC(=O)c1ccc2c(c1)CCC2.